The lowest BCUT2D eigenvalue weighted by molar-refractivity contribution is -0.722. The molecule has 1 aliphatic rings. The second-order valence-corrected chi connectivity index (χ2v) is 6.30. The second kappa shape index (κ2) is 5.84. The maximum Gasteiger partial charge on any atom is 0.139 e. The summed E-state index contributed by atoms with van der Waals surface area (Å²) in [5.41, 5.74) is 5.49. The van der Waals surface area contributed by atoms with Crippen LogP contribution in [0.3, 0.4) is 0 Å². The second-order valence-electron chi connectivity index (χ2n) is 6.30. The van der Waals surface area contributed by atoms with E-state index in [1.54, 1.807) is 6.07 Å². The summed E-state index contributed by atoms with van der Waals surface area (Å²) >= 11 is 0. The summed E-state index contributed by atoms with van der Waals surface area (Å²) in [4.78, 5) is 0. The summed E-state index contributed by atoms with van der Waals surface area (Å²) in [6.07, 6.45) is 0. The molecule has 0 saturated heterocycles. The van der Waals surface area contributed by atoms with Crippen LogP contribution in [-0.2, 0) is 0 Å². The van der Waals surface area contributed by atoms with Gasteiger partial charge >= 0.3 is 0 Å². The average molecular weight is 322 g/mol. The molecule has 0 heterocycles. The van der Waals surface area contributed by atoms with Gasteiger partial charge in [0.1, 0.15) is 23.7 Å². The molecule has 24 heavy (non-hydrogen) atoms. The molecule has 0 aromatic heterocycles. The largest absolute Gasteiger partial charge is 0.330 e. The van der Waals surface area contributed by atoms with E-state index in [0.717, 1.165) is 6.07 Å². The highest BCUT2D eigenvalue weighted by atomic mass is 19.1. The first-order chi connectivity index (χ1) is 11.6. The molecule has 0 amide bonds. The van der Waals surface area contributed by atoms with Crippen LogP contribution in [0.1, 0.15) is 35.7 Å². The molecule has 0 saturated carbocycles. The smallest absolute Gasteiger partial charge is 0.139 e. The molecule has 4 rings (SSSR count). The minimum Gasteiger partial charge on any atom is -0.330 e. The summed E-state index contributed by atoms with van der Waals surface area (Å²) < 4.78 is 27.3. The van der Waals surface area contributed by atoms with Crippen LogP contribution < -0.4 is 5.32 Å². The Morgan fingerprint density at radius 1 is 0.833 bits per heavy atom. The maximum atomic E-state index is 14.1. The fourth-order valence-corrected chi connectivity index (χ4v) is 3.66. The highest BCUT2D eigenvalue weighted by molar-refractivity contribution is 5.77. The lowest BCUT2D eigenvalue weighted by Crippen LogP contribution is -2.85. The lowest BCUT2D eigenvalue weighted by atomic mass is 10.0. The van der Waals surface area contributed by atoms with E-state index in [1.165, 1.54) is 28.3 Å². The Hall–Kier alpha value is -2.52. The normalized spacial score (nSPS) is 14.3. The zero-order valence-corrected chi connectivity index (χ0v) is 13.3. The summed E-state index contributed by atoms with van der Waals surface area (Å²) in [7, 11) is 0. The lowest BCUT2D eigenvalue weighted by Gasteiger charge is -2.19. The van der Waals surface area contributed by atoms with Crippen molar-refractivity contribution in [3.63, 3.8) is 0 Å². The van der Waals surface area contributed by atoms with Crippen molar-refractivity contribution in [3.05, 3.63) is 95.1 Å². The van der Waals surface area contributed by atoms with Gasteiger partial charge in [0, 0.05) is 22.8 Å². The minimum absolute atomic E-state index is 0.116. The fourth-order valence-electron chi connectivity index (χ4n) is 3.66. The van der Waals surface area contributed by atoms with Gasteiger partial charge < -0.3 is 5.32 Å². The van der Waals surface area contributed by atoms with Crippen LogP contribution in [0.5, 0.6) is 0 Å². The van der Waals surface area contributed by atoms with Crippen LogP contribution in [0, 0.1) is 11.6 Å². The van der Waals surface area contributed by atoms with Gasteiger partial charge in [-0.2, -0.15) is 0 Å². The molecule has 0 aliphatic heterocycles. The van der Waals surface area contributed by atoms with Gasteiger partial charge in [-0.25, -0.2) is 8.78 Å². The predicted molar refractivity (Wildman–Crippen MR) is 90.4 cm³/mol. The predicted octanol–water partition coefficient (Wildman–Crippen LogP) is 4.36. The van der Waals surface area contributed by atoms with Crippen molar-refractivity contribution < 1.29 is 14.1 Å². The van der Waals surface area contributed by atoms with Gasteiger partial charge in [-0.15, -0.1) is 0 Å². The van der Waals surface area contributed by atoms with Crippen LogP contribution >= 0.6 is 0 Å². The Bertz CT molecular complexity index is 858. The Kier molecular flexibility index (Phi) is 3.66. The molecule has 0 spiro atoms. The minimum atomic E-state index is -0.542. The van der Waals surface area contributed by atoms with E-state index >= 15 is 0 Å². The van der Waals surface area contributed by atoms with Gasteiger partial charge in [0.05, 0.1) is 0 Å². The van der Waals surface area contributed by atoms with Crippen molar-refractivity contribution in [2.75, 3.05) is 0 Å². The van der Waals surface area contributed by atoms with Crippen molar-refractivity contribution in [3.8, 4) is 11.1 Å². The molecule has 120 valence electrons. The van der Waals surface area contributed by atoms with Gasteiger partial charge in [-0.05, 0) is 30.2 Å². The number of fused-ring (bicyclic) bond motifs is 3. The number of hydrogen-bond donors (Lipinski definition) is 1. The molecule has 0 radical (unpaired) electrons. The van der Waals surface area contributed by atoms with Crippen molar-refractivity contribution in [2.45, 2.75) is 19.0 Å². The van der Waals surface area contributed by atoms with Gasteiger partial charge in [0.15, 0.2) is 0 Å². The first-order valence-corrected chi connectivity index (χ1v) is 8.13. The summed E-state index contributed by atoms with van der Waals surface area (Å²) in [6, 6.07) is 20.5. The molecule has 0 bridgehead atoms. The molecule has 0 fully saturated rings. The fraction of sp³-hybridized carbons (Fsp3) is 0.143. The zero-order chi connectivity index (χ0) is 16.7. The van der Waals surface area contributed by atoms with E-state index in [-0.39, 0.29) is 12.1 Å². The van der Waals surface area contributed by atoms with E-state index in [2.05, 4.69) is 29.6 Å². The highest BCUT2D eigenvalue weighted by Crippen LogP contribution is 2.41. The molecule has 0 unspecified atom stereocenters. The van der Waals surface area contributed by atoms with E-state index < -0.39 is 11.6 Å². The summed E-state index contributed by atoms with van der Waals surface area (Å²) in [5.74, 6) is -1.03. The first-order valence-electron chi connectivity index (χ1n) is 8.13. The van der Waals surface area contributed by atoms with Crippen LogP contribution in [0.15, 0.2) is 66.7 Å². The third-order valence-electron chi connectivity index (χ3n) is 4.82. The molecule has 3 aromatic rings. The third-order valence-corrected chi connectivity index (χ3v) is 4.82. The molecule has 3 heteroatoms. The topological polar surface area (TPSA) is 16.6 Å². The number of benzene rings is 3. The average Bonchev–Trinajstić information content (AvgIpc) is 2.89. The van der Waals surface area contributed by atoms with E-state index in [4.69, 9.17) is 0 Å². The summed E-state index contributed by atoms with van der Waals surface area (Å²) in [6.45, 7) is 1.96. The van der Waals surface area contributed by atoms with Gasteiger partial charge in [-0.3, -0.25) is 0 Å². The number of nitrogens with two attached hydrogens (primary N) is 1. The number of hydrogen-bond acceptors (Lipinski definition) is 0. The Morgan fingerprint density at radius 3 is 2.00 bits per heavy atom. The Labute approximate surface area is 140 Å². The number of halogens is 2. The van der Waals surface area contributed by atoms with E-state index in [9.17, 15) is 8.78 Å². The van der Waals surface area contributed by atoms with Crippen molar-refractivity contribution in [1.29, 1.82) is 0 Å². The monoisotopic (exact) mass is 322 g/mol. The molecule has 2 N–H and O–H groups in total. The Balaban J connectivity index is 1.72. The molecular formula is C21H18F2N+. The van der Waals surface area contributed by atoms with Crippen molar-refractivity contribution >= 4 is 0 Å². The molecule has 1 atom stereocenters. The van der Waals surface area contributed by atoms with Gasteiger partial charge in [0.2, 0.25) is 0 Å². The van der Waals surface area contributed by atoms with Crippen molar-refractivity contribution in [2.24, 2.45) is 0 Å². The Morgan fingerprint density at radius 2 is 1.42 bits per heavy atom. The van der Waals surface area contributed by atoms with E-state index in [0.29, 0.717) is 5.56 Å². The van der Waals surface area contributed by atoms with Crippen molar-refractivity contribution in [1.82, 2.24) is 0 Å². The third kappa shape index (κ3) is 2.42. The van der Waals surface area contributed by atoms with Crippen LogP contribution in [0.4, 0.5) is 8.78 Å². The molecular weight excluding hydrogens is 304 g/mol. The van der Waals surface area contributed by atoms with E-state index in [1.807, 2.05) is 31.2 Å². The zero-order valence-electron chi connectivity index (χ0n) is 13.3. The van der Waals surface area contributed by atoms with Crippen LogP contribution in [-0.4, -0.2) is 0 Å². The van der Waals surface area contributed by atoms with Gasteiger partial charge in [-0.1, -0.05) is 48.5 Å². The van der Waals surface area contributed by atoms with Crippen LogP contribution in [0.25, 0.3) is 11.1 Å². The molecule has 3 aromatic carbocycles. The van der Waals surface area contributed by atoms with Gasteiger partial charge in [0.25, 0.3) is 0 Å². The molecule has 1 aliphatic carbocycles. The maximum absolute atomic E-state index is 14.1. The molecule has 1 nitrogen and oxygen atoms in total. The summed E-state index contributed by atoms with van der Waals surface area (Å²) in [5, 5.41) is 2.15. The standard InChI is InChI=1S/C21H17F2N/c1-13(15-11-10-14(22)12-20(15)23)24-21-18-8-4-2-6-16(18)17-7-3-5-9-19(17)21/h2-13,21,24H,1H3/p+1/t13-/m1/s1. The highest BCUT2D eigenvalue weighted by Gasteiger charge is 2.32. The SMILES string of the molecule is C[C@@H]([NH2+]C1c2ccccc2-c2ccccc21)c1ccc(F)cc1F. The van der Waals surface area contributed by atoms with Crippen LogP contribution in [0.2, 0.25) is 0 Å². The first kappa shape index (κ1) is 15.0. The quantitative estimate of drug-likeness (QED) is 0.738. The number of quaternary nitrogens is 1. The number of rotatable bonds is 3.